The molecule has 1 saturated heterocycles. The van der Waals surface area contributed by atoms with Gasteiger partial charge >= 0.3 is 6.18 Å². The Hall–Kier alpha value is -0.660. The first kappa shape index (κ1) is 15.7. The second-order valence-electron chi connectivity index (χ2n) is 4.79. The molecule has 1 aliphatic heterocycles. The van der Waals surface area contributed by atoms with E-state index in [2.05, 4.69) is 21.2 Å². The van der Waals surface area contributed by atoms with Gasteiger partial charge in [0.25, 0.3) is 0 Å². The first-order chi connectivity index (χ1) is 9.37. The fourth-order valence-corrected chi connectivity index (χ4v) is 2.75. The van der Waals surface area contributed by atoms with E-state index in [1.807, 2.05) is 0 Å². The van der Waals surface area contributed by atoms with Crippen LogP contribution in [0.15, 0.2) is 22.7 Å². The molecule has 2 rings (SSSR count). The summed E-state index contributed by atoms with van der Waals surface area (Å²) in [6.07, 6.45) is -5.36. The quantitative estimate of drug-likeness (QED) is 0.836. The number of benzene rings is 1. The molecule has 0 amide bonds. The zero-order chi connectivity index (χ0) is 14.8. The molecule has 0 radical (unpaired) electrons. The lowest BCUT2D eigenvalue weighted by Gasteiger charge is -2.35. The third-order valence-electron chi connectivity index (χ3n) is 3.34. The van der Waals surface area contributed by atoms with Gasteiger partial charge in [-0.3, -0.25) is 4.90 Å². The lowest BCUT2D eigenvalue weighted by atomic mass is 10.0. The summed E-state index contributed by atoms with van der Waals surface area (Å²) in [5, 5.41) is 3.08. The maximum absolute atomic E-state index is 14.0. The highest BCUT2D eigenvalue weighted by Gasteiger charge is 2.37. The van der Waals surface area contributed by atoms with E-state index in [4.69, 9.17) is 0 Å². The van der Waals surface area contributed by atoms with Crippen molar-refractivity contribution in [1.29, 1.82) is 0 Å². The third kappa shape index (κ3) is 4.17. The van der Waals surface area contributed by atoms with Gasteiger partial charge in [-0.25, -0.2) is 4.39 Å². The number of alkyl halides is 3. The topological polar surface area (TPSA) is 15.3 Å². The summed E-state index contributed by atoms with van der Waals surface area (Å²) in [5.41, 5.74) is 0.104. The van der Waals surface area contributed by atoms with Gasteiger partial charge in [-0.15, -0.1) is 0 Å². The number of nitrogens with zero attached hydrogens (tertiary/aromatic N) is 1. The Labute approximate surface area is 123 Å². The van der Waals surface area contributed by atoms with Crippen LogP contribution in [0.1, 0.15) is 18.0 Å². The number of hydrogen-bond donors (Lipinski definition) is 1. The molecule has 0 bridgehead atoms. The van der Waals surface area contributed by atoms with Gasteiger partial charge in [0, 0.05) is 42.3 Å². The van der Waals surface area contributed by atoms with Gasteiger partial charge in [-0.2, -0.15) is 13.2 Å². The molecule has 1 aliphatic rings. The molecule has 1 aromatic rings. The van der Waals surface area contributed by atoms with Crippen molar-refractivity contribution < 1.29 is 17.6 Å². The molecule has 1 fully saturated rings. The van der Waals surface area contributed by atoms with Crippen LogP contribution in [0.5, 0.6) is 0 Å². The van der Waals surface area contributed by atoms with E-state index >= 15 is 0 Å². The van der Waals surface area contributed by atoms with Crippen LogP contribution < -0.4 is 5.32 Å². The van der Waals surface area contributed by atoms with E-state index < -0.39 is 24.5 Å². The summed E-state index contributed by atoms with van der Waals surface area (Å²) in [5.74, 6) is -0.604. The van der Waals surface area contributed by atoms with E-state index in [9.17, 15) is 17.6 Å². The summed E-state index contributed by atoms with van der Waals surface area (Å²) < 4.78 is 52.9. The van der Waals surface area contributed by atoms with Crippen LogP contribution in [0.4, 0.5) is 17.6 Å². The zero-order valence-corrected chi connectivity index (χ0v) is 12.3. The largest absolute Gasteiger partial charge is 0.390 e. The molecule has 0 unspecified atom stereocenters. The number of rotatable bonds is 3. The second-order valence-corrected chi connectivity index (χ2v) is 5.70. The van der Waals surface area contributed by atoms with Crippen LogP contribution in [-0.2, 0) is 0 Å². The van der Waals surface area contributed by atoms with E-state index in [-0.39, 0.29) is 5.56 Å². The van der Waals surface area contributed by atoms with Crippen molar-refractivity contribution in [2.24, 2.45) is 0 Å². The highest BCUT2D eigenvalue weighted by atomic mass is 79.9. The van der Waals surface area contributed by atoms with E-state index in [1.165, 1.54) is 12.1 Å². The van der Waals surface area contributed by atoms with Crippen molar-refractivity contribution in [1.82, 2.24) is 10.2 Å². The molecule has 20 heavy (non-hydrogen) atoms. The highest BCUT2D eigenvalue weighted by molar-refractivity contribution is 9.10. The van der Waals surface area contributed by atoms with Crippen molar-refractivity contribution in [3.05, 3.63) is 34.1 Å². The summed E-state index contributed by atoms with van der Waals surface area (Å²) in [7, 11) is 0. The van der Waals surface area contributed by atoms with Crippen molar-refractivity contribution in [3.63, 3.8) is 0 Å². The van der Waals surface area contributed by atoms with Gasteiger partial charge in [0.15, 0.2) is 0 Å². The van der Waals surface area contributed by atoms with Crippen molar-refractivity contribution in [2.75, 3.05) is 26.2 Å². The summed E-state index contributed by atoms with van der Waals surface area (Å²) in [4.78, 5) is 1.69. The van der Waals surface area contributed by atoms with Crippen molar-refractivity contribution in [2.45, 2.75) is 18.6 Å². The molecule has 1 aromatic carbocycles. The van der Waals surface area contributed by atoms with Crippen LogP contribution in [0.3, 0.4) is 0 Å². The van der Waals surface area contributed by atoms with Gasteiger partial charge in [0.1, 0.15) is 5.82 Å². The Morgan fingerprint density at radius 1 is 1.25 bits per heavy atom. The molecule has 112 valence electrons. The van der Waals surface area contributed by atoms with Gasteiger partial charge in [-0.1, -0.05) is 22.0 Å². The third-order valence-corrected chi connectivity index (χ3v) is 3.83. The number of nitrogens with one attached hydrogen (secondary N) is 1. The van der Waals surface area contributed by atoms with E-state index in [0.29, 0.717) is 30.7 Å². The van der Waals surface area contributed by atoms with E-state index in [1.54, 1.807) is 11.0 Å². The average Bonchev–Trinajstić information content (AvgIpc) is 2.36. The van der Waals surface area contributed by atoms with Gasteiger partial charge in [0.2, 0.25) is 0 Å². The van der Waals surface area contributed by atoms with Gasteiger partial charge in [0.05, 0.1) is 6.42 Å². The van der Waals surface area contributed by atoms with Gasteiger partial charge in [-0.05, 0) is 12.1 Å². The Morgan fingerprint density at radius 3 is 2.45 bits per heavy atom. The van der Waals surface area contributed by atoms with Crippen molar-refractivity contribution in [3.8, 4) is 0 Å². The molecule has 1 atom stereocenters. The molecule has 0 saturated carbocycles. The fourth-order valence-electron chi connectivity index (χ4n) is 2.42. The monoisotopic (exact) mass is 354 g/mol. The minimum Gasteiger partial charge on any atom is -0.314 e. The maximum atomic E-state index is 14.0. The first-order valence-electron chi connectivity index (χ1n) is 6.33. The Morgan fingerprint density at radius 2 is 1.90 bits per heavy atom. The standard InChI is InChI=1S/C13H15BrF4N2/c14-9-1-2-10(11(15)7-9)12(8-13(16,17)18)20-5-3-19-4-6-20/h1-2,7,12,19H,3-6,8H2/t12-/m0/s1. The highest BCUT2D eigenvalue weighted by Crippen LogP contribution is 2.35. The van der Waals surface area contributed by atoms with Crippen LogP contribution in [0.2, 0.25) is 0 Å². The number of hydrogen-bond acceptors (Lipinski definition) is 2. The molecule has 2 nitrogen and oxygen atoms in total. The average molecular weight is 355 g/mol. The minimum atomic E-state index is -4.32. The molecule has 0 spiro atoms. The first-order valence-corrected chi connectivity index (χ1v) is 7.12. The van der Waals surface area contributed by atoms with Crippen LogP contribution in [0, 0.1) is 5.82 Å². The van der Waals surface area contributed by atoms with Crippen molar-refractivity contribution >= 4 is 15.9 Å². The van der Waals surface area contributed by atoms with Crippen LogP contribution in [0.25, 0.3) is 0 Å². The predicted molar refractivity (Wildman–Crippen MR) is 72.0 cm³/mol. The van der Waals surface area contributed by atoms with Crippen LogP contribution >= 0.6 is 15.9 Å². The molecular weight excluding hydrogens is 340 g/mol. The Kier molecular flexibility index (Phi) is 5.04. The number of piperazine rings is 1. The van der Waals surface area contributed by atoms with Crippen LogP contribution in [-0.4, -0.2) is 37.3 Å². The SMILES string of the molecule is Fc1cc(Br)ccc1[C@H](CC(F)(F)F)N1CCNCC1. The van der Waals surface area contributed by atoms with Gasteiger partial charge < -0.3 is 5.32 Å². The maximum Gasteiger partial charge on any atom is 0.390 e. The summed E-state index contributed by atoms with van der Waals surface area (Å²) in [6.45, 7) is 2.20. The molecule has 0 aliphatic carbocycles. The lowest BCUT2D eigenvalue weighted by Crippen LogP contribution is -2.46. The summed E-state index contributed by atoms with van der Waals surface area (Å²) >= 11 is 3.12. The zero-order valence-electron chi connectivity index (χ0n) is 10.7. The fraction of sp³-hybridized carbons (Fsp3) is 0.538. The Balaban J connectivity index is 2.29. The molecular formula is C13H15BrF4N2. The molecule has 0 aromatic heterocycles. The second kappa shape index (κ2) is 6.41. The van der Waals surface area contributed by atoms with E-state index in [0.717, 1.165) is 0 Å². The number of halogens is 5. The molecule has 1 N–H and O–H groups in total. The normalized spacial score (nSPS) is 19.1. The lowest BCUT2D eigenvalue weighted by molar-refractivity contribution is -0.149. The summed E-state index contributed by atoms with van der Waals surface area (Å²) in [6, 6.07) is 3.24. The Bertz CT molecular complexity index is 458. The minimum absolute atomic E-state index is 0.104. The smallest absolute Gasteiger partial charge is 0.314 e. The predicted octanol–water partition coefficient (Wildman–Crippen LogP) is 3.49. The molecule has 7 heteroatoms. The molecule has 1 heterocycles.